The summed E-state index contributed by atoms with van der Waals surface area (Å²) in [5, 5.41) is 3.01. The highest BCUT2D eigenvalue weighted by Crippen LogP contribution is 2.34. The average Bonchev–Trinajstić information content (AvgIpc) is 3.17. The van der Waals surface area contributed by atoms with E-state index in [4.69, 9.17) is 4.74 Å². The second kappa shape index (κ2) is 8.91. The smallest absolute Gasteiger partial charge is 0.253 e. The number of carbonyl (C=O) groups is 2. The summed E-state index contributed by atoms with van der Waals surface area (Å²) >= 11 is 0. The van der Waals surface area contributed by atoms with E-state index in [1.807, 2.05) is 13.8 Å². The summed E-state index contributed by atoms with van der Waals surface area (Å²) in [6.45, 7) is 5.70. The number of hydrogen-bond donors (Lipinski definition) is 1. The Labute approximate surface area is 166 Å². The molecular formula is C23H28N2O3. The molecule has 0 bridgehead atoms. The molecular weight excluding hydrogens is 352 g/mol. The van der Waals surface area contributed by atoms with Gasteiger partial charge in [0, 0.05) is 31.1 Å². The maximum Gasteiger partial charge on any atom is 0.253 e. The first-order valence-electron chi connectivity index (χ1n) is 9.81. The van der Waals surface area contributed by atoms with E-state index in [0.717, 1.165) is 12.0 Å². The Morgan fingerprint density at radius 3 is 2.36 bits per heavy atom. The Hall–Kier alpha value is -2.82. The number of benzene rings is 2. The monoisotopic (exact) mass is 380 g/mol. The van der Waals surface area contributed by atoms with Gasteiger partial charge in [0.25, 0.3) is 5.91 Å². The van der Waals surface area contributed by atoms with Gasteiger partial charge in [-0.2, -0.15) is 0 Å². The predicted molar refractivity (Wildman–Crippen MR) is 110 cm³/mol. The number of nitrogens with zero attached hydrogens (tertiary/aromatic N) is 1. The molecule has 1 N–H and O–H groups in total. The van der Waals surface area contributed by atoms with Crippen LogP contribution >= 0.6 is 0 Å². The summed E-state index contributed by atoms with van der Waals surface area (Å²) < 4.78 is 5.17. The number of amides is 2. The van der Waals surface area contributed by atoms with Crippen molar-refractivity contribution in [1.29, 1.82) is 0 Å². The van der Waals surface area contributed by atoms with Gasteiger partial charge in [0.05, 0.1) is 13.0 Å². The van der Waals surface area contributed by atoms with Crippen LogP contribution in [-0.2, 0) is 4.79 Å². The van der Waals surface area contributed by atoms with Gasteiger partial charge < -0.3 is 15.0 Å². The highest BCUT2D eigenvalue weighted by molar-refractivity contribution is 5.95. The number of hydrogen-bond acceptors (Lipinski definition) is 3. The van der Waals surface area contributed by atoms with E-state index in [1.165, 1.54) is 5.56 Å². The van der Waals surface area contributed by atoms with Crippen molar-refractivity contribution < 1.29 is 14.3 Å². The third kappa shape index (κ3) is 4.35. The number of likely N-dealkylation sites (tertiary alicyclic amines) is 1. The molecule has 1 aliphatic rings. The van der Waals surface area contributed by atoms with E-state index < -0.39 is 0 Å². The third-order valence-electron chi connectivity index (χ3n) is 5.34. The van der Waals surface area contributed by atoms with Gasteiger partial charge in [0.1, 0.15) is 5.75 Å². The van der Waals surface area contributed by atoms with Crippen LogP contribution in [0.4, 0.5) is 0 Å². The van der Waals surface area contributed by atoms with Crippen molar-refractivity contribution in [3.05, 3.63) is 65.2 Å². The first kappa shape index (κ1) is 19.9. The van der Waals surface area contributed by atoms with Gasteiger partial charge in [-0.25, -0.2) is 0 Å². The fraction of sp³-hybridized carbons (Fsp3) is 0.391. The molecule has 1 saturated heterocycles. The Morgan fingerprint density at radius 2 is 1.75 bits per heavy atom. The number of aryl methyl sites for hydroxylation is 1. The van der Waals surface area contributed by atoms with Crippen LogP contribution in [0.3, 0.4) is 0 Å². The van der Waals surface area contributed by atoms with Crippen molar-refractivity contribution in [3.63, 3.8) is 0 Å². The normalized spacial score (nSPS) is 18.8. The number of rotatable bonds is 6. The molecule has 0 radical (unpaired) electrons. The molecule has 28 heavy (non-hydrogen) atoms. The van der Waals surface area contributed by atoms with E-state index in [9.17, 15) is 9.59 Å². The molecule has 2 aromatic rings. The highest BCUT2D eigenvalue weighted by atomic mass is 16.5. The van der Waals surface area contributed by atoms with Crippen LogP contribution in [-0.4, -0.2) is 43.5 Å². The zero-order valence-electron chi connectivity index (χ0n) is 16.8. The molecule has 1 fully saturated rings. The van der Waals surface area contributed by atoms with Crippen LogP contribution in [0.2, 0.25) is 0 Å². The molecule has 0 saturated carbocycles. The van der Waals surface area contributed by atoms with Crippen LogP contribution in [0.15, 0.2) is 48.5 Å². The zero-order chi connectivity index (χ0) is 20.1. The lowest BCUT2D eigenvalue weighted by Crippen LogP contribution is -2.36. The van der Waals surface area contributed by atoms with Crippen molar-refractivity contribution in [2.75, 3.05) is 26.7 Å². The quantitative estimate of drug-likeness (QED) is 0.836. The predicted octanol–water partition coefficient (Wildman–Crippen LogP) is 3.39. The SMILES string of the molecule is CCCNC(=O)[C@@H]1CN(C(=O)c2ccc(OC)cc2)C[C@@H]1c1ccc(C)cc1. The van der Waals surface area contributed by atoms with Crippen LogP contribution < -0.4 is 10.1 Å². The van der Waals surface area contributed by atoms with Crippen molar-refractivity contribution in [2.45, 2.75) is 26.2 Å². The molecule has 5 heteroatoms. The topological polar surface area (TPSA) is 58.6 Å². The molecule has 0 spiro atoms. The molecule has 148 valence electrons. The summed E-state index contributed by atoms with van der Waals surface area (Å²) in [4.78, 5) is 27.6. The lowest BCUT2D eigenvalue weighted by Gasteiger charge is -2.18. The van der Waals surface area contributed by atoms with E-state index in [0.29, 0.717) is 30.9 Å². The third-order valence-corrected chi connectivity index (χ3v) is 5.34. The van der Waals surface area contributed by atoms with Crippen molar-refractivity contribution >= 4 is 11.8 Å². The van der Waals surface area contributed by atoms with Gasteiger partial charge in [0.15, 0.2) is 0 Å². The molecule has 3 rings (SSSR count). The molecule has 5 nitrogen and oxygen atoms in total. The fourth-order valence-electron chi connectivity index (χ4n) is 3.68. The molecule has 0 unspecified atom stereocenters. The van der Waals surface area contributed by atoms with E-state index in [2.05, 4.69) is 29.6 Å². The van der Waals surface area contributed by atoms with Gasteiger partial charge in [-0.05, 0) is 43.2 Å². The first-order chi connectivity index (χ1) is 13.5. The van der Waals surface area contributed by atoms with Crippen molar-refractivity contribution in [1.82, 2.24) is 10.2 Å². The lowest BCUT2D eigenvalue weighted by molar-refractivity contribution is -0.124. The van der Waals surface area contributed by atoms with Crippen LogP contribution in [0.5, 0.6) is 5.75 Å². The van der Waals surface area contributed by atoms with Crippen LogP contribution in [0, 0.1) is 12.8 Å². The lowest BCUT2D eigenvalue weighted by atomic mass is 9.88. The summed E-state index contributed by atoms with van der Waals surface area (Å²) in [6.07, 6.45) is 0.891. The minimum absolute atomic E-state index is 0.000320. The maximum atomic E-state index is 13.0. The second-order valence-corrected chi connectivity index (χ2v) is 7.35. The fourth-order valence-corrected chi connectivity index (χ4v) is 3.68. The Balaban J connectivity index is 1.82. The van der Waals surface area contributed by atoms with Gasteiger partial charge >= 0.3 is 0 Å². The summed E-state index contributed by atoms with van der Waals surface area (Å²) in [7, 11) is 1.60. The number of nitrogens with one attached hydrogen (secondary N) is 1. The van der Waals surface area contributed by atoms with E-state index >= 15 is 0 Å². The Kier molecular flexibility index (Phi) is 6.34. The maximum absolute atomic E-state index is 13.0. The number of carbonyl (C=O) groups excluding carboxylic acids is 2. The minimum atomic E-state index is -0.239. The largest absolute Gasteiger partial charge is 0.497 e. The van der Waals surface area contributed by atoms with Gasteiger partial charge in [0.2, 0.25) is 5.91 Å². The molecule has 1 aliphatic heterocycles. The standard InChI is InChI=1S/C23H28N2O3/c1-4-13-24-22(26)21-15-25(14-20(21)17-7-5-16(2)6-8-17)23(27)18-9-11-19(28-3)12-10-18/h5-12,20-21H,4,13-15H2,1-3H3,(H,24,26)/t20-,21-/m1/s1. The Morgan fingerprint density at radius 1 is 1.07 bits per heavy atom. The molecule has 0 aromatic heterocycles. The number of ether oxygens (including phenoxy) is 1. The molecule has 0 aliphatic carbocycles. The summed E-state index contributed by atoms with van der Waals surface area (Å²) in [6, 6.07) is 15.4. The second-order valence-electron chi connectivity index (χ2n) is 7.35. The van der Waals surface area contributed by atoms with Gasteiger partial charge in [-0.15, -0.1) is 0 Å². The Bertz CT molecular complexity index is 815. The van der Waals surface area contributed by atoms with Gasteiger partial charge in [-0.3, -0.25) is 9.59 Å². The molecule has 1 heterocycles. The first-order valence-corrected chi connectivity index (χ1v) is 9.81. The van der Waals surface area contributed by atoms with E-state index in [1.54, 1.807) is 36.3 Å². The summed E-state index contributed by atoms with van der Waals surface area (Å²) in [5.74, 6) is 0.450. The summed E-state index contributed by atoms with van der Waals surface area (Å²) in [5.41, 5.74) is 2.89. The van der Waals surface area contributed by atoms with Crippen LogP contribution in [0.25, 0.3) is 0 Å². The minimum Gasteiger partial charge on any atom is -0.497 e. The van der Waals surface area contributed by atoms with Crippen molar-refractivity contribution in [2.24, 2.45) is 5.92 Å². The van der Waals surface area contributed by atoms with E-state index in [-0.39, 0.29) is 23.7 Å². The molecule has 2 atom stereocenters. The average molecular weight is 380 g/mol. The highest BCUT2D eigenvalue weighted by Gasteiger charge is 2.40. The molecule has 2 amide bonds. The van der Waals surface area contributed by atoms with Gasteiger partial charge in [-0.1, -0.05) is 36.8 Å². The zero-order valence-corrected chi connectivity index (χ0v) is 16.8. The number of methoxy groups -OCH3 is 1. The van der Waals surface area contributed by atoms with Crippen LogP contribution in [0.1, 0.15) is 40.7 Å². The molecule has 2 aromatic carbocycles. The van der Waals surface area contributed by atoms with Crippen molar-refractivity contribution in [3.8, 4) is 5.75 Å².